The highest BCUT2D eigenvalue weighted by Crippen LogP contribution is 2.14. The summed E-state index contributed by atoms with van der Waals surface area (Å²) in [5.74, 6) is 0.166. The first-order chi connectivity index (χ1) is 9.13. The van der Waals surface area contributed by atoms with E-state index in [9.17, 15) is 0 Å². The average Bonchev–Trinajstić information content (AvgIpc) is 2.40. The molecule has 1 aliphatic rings. The van der Waals surface area contributed by atoms with Crippen molar-refractivity contribution < 1.29 is 0 Å². The van der Waals surface area contributed by atoms with Crippen molar-refractivity contribution in [2.75, 3.05) is 13.6 Å². The Bertz CT molecular complexity index is 468. The Kier molecular flexibility index (Phi) is 4.19. The van der Waals surface area contributed by atoms with Crippen molar-refractivity contribution in [3.63, 3.8) is 0 Å². The quantitative estimate of drug-likeness (QED) is 0.723. The van der Waals surface area contributed by atoms with Gasteiger partial charge in [0.25, 0.3) is 0 Å². The van der Waals surface area contributed by atoms with Crippen molar-refractivity contribution in [2.24, 2.45) is 16.5 Å². The lowest BCUT2D eigenvalue weighted by Gasteiger charge is -2.34. The summed E-state index contributed by atoms with van der Waals surface area (Å²) in [6, 6.07) is 10.3. The number of nitrogens with two attached hydrogens (primary N) is 2. The normalized spacial score (nSPS) is 21.7. The molecule has 1 heterocycles. The molecule has 102 valence electrons. The average molecular weight is 259 g/mol. The van der Waals surface area contributed by atoms with Gasteiger partial charge in [-0.25, -0.2) is 0 Å². The number of hydrogen-bond acceptors (Lipinski definition) is 5. The van der Waals surface area contributed by atoms with Gasteiger partial charge in [0.05, 0.1) is 0 Å². The number of nitrogens with zero attached hydrogens (tertiary/aromatic N) is 2. The summed E-state index contributed by atoms with van der Waals surface area (Å²) in [6.45, 7) is 1.31. The van der Waals surface area contributed by atoms with E-state index in [1.165, 1.54) is 5.56 Å². The van der Waals surface area contributed by atoms with E-state index in [0.717, 1.165) is 12.4 Å². The van der Waals surface area contributed by atoms with Crippen LogP contribution in [0.4, 0.5) is 0 Å². The lowest BCUT2D eigenvalue weighted by atomic mass is 10.2. The first kappa shape index (κ1) is 13.6. The van der Waals surface area contributed by atoms with Crippen LogP contribution in [0.1, 0.15) is 12.0 Å². The Morgan fingerprint density at radius 3 is 2.74 bits per heavy atom. The summed E-state index contributed by atoms with van der Waals surface area (Å²) in [7, 11) is 2.02. The first-order valence-corrected chi connectivity index (χ1v) is 6.41. The maximum Gasteiger partial charge on any atom is 0.184 e. The molecule has 0 saturated heterocycles. The zero-order valence-electron chi connectivity index (χ0n) is 11.2. The van der Waals surface area contributed by atoms with Gasteiger partial charge >= 0.3 is 0 Å². The molecular weight excluding hydrogens is 238 g/mol. The predicted octanol–water partition coefficient (Wildman–Crippen LogP) is 0.595. The Morgan fingerprint density at radius 1 is 1.32 bits per heavy atom. The SMILES string of the molecule is CN(Cc1ccccc1)C1=CC=NC(N)(CCN)N1. The highest BCUT2D eigenvalue weighted by Gasteiger charge is 2.26. The molecule has 0 radical (unpaired) electrons. The summed E-state index contributed by atoms with van der Waals surface area (Å²) in [6.07, 6.45) is 4.26. The predicted molar refractivity (Wildman–Crippen MR) is 78.2 cm³/mol. The van der Waals surface area contributed by atoms with Gasteiger partial charge in [-0.15, -0.1) is 0 Å². The van der Waals surface area contributed by atoms with Crippen molar-refractivity contribution in [3.05, 3.63) is 47.8 Å². The van der Waals surface area contributed by atoms with Crippen LogP contribution in [0.25, 0.3) is 0 Å². The van der Waals surface area contributed by atoms with Crippen molar-refractivity contribution in [3.8, 4) is 0 Å². The van der Waals surface area contributed by atoms with Crippen molar-refractivity contribution >= 4 is 6.21 Å². The summed E-state index contributed by atoms with van der Waals surface area (Å²) >= 11 is 0. The summed E-state index contributed by atoms with van der Waals surface area (Å²) in [5, 5.41) is 3.24. The number of aliphatic imine (C=N–C) groups is 1. The number of allylic oxidation sites excluding steroid dienone is 1. The fraction of sp³-hybridized carbons (Fsp3) is 0.357. The van der Waals surface area contributed by atoms with E-state index in [0.29, 0.717) is 13.0 Å². The Balaban J connectivity index is 2.02. The Morgan fingerprint density at radius 2 is 2.05 bits per heavy atom. The zero-order chi connectivity index (χ0) is 13.7. The molecule has 5 nitrogen and oxygen atoms in total. The van der Waals surface area contributed by atoms with Gasteiger partial charge < -0.3 is 16.0 Å². The van der Waals surface area contributed by atoms with Crippen LogP contribution in [0.2, 0.25) is 0 Å². The molecule has 5 N–H and O–H groups in total. The van der Waals surface area contributed by atoms with E-state index in [1.807, 2.05) is 31.3 Å². The summed E-state index contributed by atoms with van der Waals surface area (Å²) < 4.78 is 0. The molecule has 0 fully saturated rings. The Hall–Kier alpha value is -1.85. The fourth-order valence-electron chi connectivity index (χ4n) is 2.05. The number of benzene rings is 1. The fourth-order valence-corrected chi connectivity index (χ4v) is 2.05. The van der Waals surface area contributed by atoms with Gasteiger partial charge in [0.15, 0.2) is 5.79 Å². The van der Waals surface area contributed by atoms with E-state index in [1.54, 1.807) is 6.21 Å². The summed E-state index contributed by atoms with van der Waals surface area (Å²) in [5.41, 5.74) is 12.9. The van der Waals surface area contributed by atoms with Crippen LogP contribution in [0.3, 0.4) is 0 Å². The van der Waals surface area contributed by atoms with Crippen LogP contribution < -0.4 is 16.8 Å². The van der Waals surface area contributed by atoms with Crippen LogP contribution >= 0.6 is 0 Å². The van der Waals surface area contributed by atoms with E-state index in [4.69, 9.17) is 11.5 Å². The Labute approximate surface area is 114 Å². The van der Waals surface area contributed by atoms with E-state index < -0.39 is 5.79 Å². The minimum atomic E-state index is -0.788. The standard InChI is InChI=1S/C14H21N5/c1-19(11-12-5-3-2-4-6-12)13-7-10-17-14(16,18-13)8-9-15/h2-7,10,18H,8-9,11,15-16H2,1H3. The highest BCUT2D eigenvalue weighted by molar-refractivity contribution is 5.73. The van der Waals surface area contributed by atoms with E-state index >= 15 is 0 Å². The van der Waals surface area contributed by atoms with Crippen molar-refractivity contribution in [1.82, 2.24) is 10.2 Å². The monoisotopic (exact) mass is 259 g/mol. The number of rotatable bonds is 5. The van der Waals surface area contributed by atoms with Crippen LogP contribution in [-0.4, -0.2) is 30.5 Å². The molecule has 0 aromatic heterocycles. The molecule has 1 aliphatic heterocycles. The van der Waals surface area contributed by atoms with Gasteiger partial charge in [0, 0.05) is 26.2 Å². The molecule has 19 heavy (non-hydrogen) atoms. The number of nitrogens with one attached hydrogen (secondary N) is 1. The molecule has 0 bridgehead atoms. The first-order valence-electron chi connectivity index (χ1n) is 6.41. The summed E-state index contributed by atoms with van der Waals surface area (Å²) in [4.78, 5) is 6.36. The second-order valence-electron chi connectivity index (χ2n) is 4.76. The van der Waals surface area contributed by atoms with Gasteiger partial charge in [-0.05, 0) is 18.2 Å². The minimum absolute atomic E-state index is 0.497. The largest absolute Gasteiger partial charge is 0.357 e. The van der Waals surface area contributed by atoms with Gasteiger partial charge in [0.1, 0.15) is 5.82 Å². The molecular formula is C14H21N5. The van der Waals surface area contributed by atoms with Crippen LogP contribution in [-0.2, 0) is 6.54 Å². The van der Waals surface area contributed by atoms with Gasteiger partial charge in [-0.2, -0.15) is 0 Å². The van der Waals surface area contributed by atoms with Crippen LogP contribution in [0, 0.1) is 0 Å². The zero-order valence-corrected chi connectivity index (χ0v) is 11.2. The molecule has 1 atom stereocenters. The number of hydrogen-bond donors (Lipinski definition) is 3. The minimum Gasteiger partial charge on any atom is -0.357 e. The highest BCUT2D eigenvalue weighted by atomic mass is 15.3. The van der Waals surface area contributed by atoms with Crippen molar-refractivity contribution in [1.29, 1.82) is 0 Å². The van der Waals surface area contributed by atoms with E-state index in [2.05, 4.69) is 27.3 Å². The maximum absolute atomic E-state index is 6.13. The van der Waals surface area contributed by atoms with E-state index in [-0.39, 0.29) is 0 Å². The van der Waals surface area contributed by atoms with Crippen LogP contribution in [0.15, 0.2) is 47.2 Å². The molecule has 1 aromatic rings. The smallest absolute Gasteiger partial charge is 0.184 e. The second-order valence-corrected chi connectivity index (χ2v) is 4.76. The molecule has 1 unspecified atom stereocenters. The third kappa shape index (κ3) is 3.56. The van der Waals surface area contributed by atoms with Crippen molar-refractivity contribution in [2.45, 2.75) is 18.8 Å². The third-order valence-corrected chi connectivity index (χ3v) is 3.08. The van der Waals surface area contributed by atoms with Gasteiger partial charge in [-0.3, -0.25) is 10.7 Å². The molecule has 2 rings (SSSR count). The van der Waals surface area contributed by atoms with Gasteiger partial charge in [-0.1, -0.05) is 30.3 Å². The molecule has 0 saturated carbocycles. The lowest BCUT2D eigenvalue weighted by molar-refractivity contribution is 0.285. The molecule has 0 aliphatic carbocycles. The molecule has 0 amide bonds. The lowest BCUT2D eigenvalue weighted by Crippen LogP contribution is -2.56. The molecule has 5 heteroatoms. The van der Waals surface area contributed by atoms with Gasteiger partial charge in [0.2, 0.25) is 0 Å². The third-order valence-electron chi connectivity index (χ3n) is 3.08. The molecule has 0 spiro atoms. The second kappa shape index (κ2) is 5.86. The maximum atomic E-state index is 6.13. The van der Waals surface area contributed by atoms with Crippen LogP contribution in [0.5, 0.6) is 0 Å². The molecule has 1 aromatic carbocycles. The topological polar surface area (TPSA) is 79.7 Å².